The van der Waals surface area contributed by atoms with E-state index in [1.54, 1.807) is 6.20 Å². The minimum Gasteiger partial charge on any atom is -0.371 e. The molecule has 0 atom stereocenters. The SMILES string of the molecule is CN1CCN(Cc2cn(C)nc2-c2cccnc2)c2ccccc21. The van der Waals surface area contributed by atoms with Gasteiger partial charge >= 0.3 is 0 Å². The average Bonchev–Trinajstić information content (AvgIpc) is 2.99. The second kappa shape index (κ2) is 6.00. The summed E-state index contributed by atoms with van der Waals surface area (Å²) in [5, 5.41) is 4.66. The zero-order valence-electron chi connectivity index (χ0n) is 14.1. The minimum absolute atomic E-state index is 0.850. The Hall–Kier alpha value is -2.82. The first kappa shape index (κ1) is 14.8. The van der Waals surface area contributed by atoms with Gasteiger partial charge in [0.25, 0.3) is 0 Å². The second-order valence-electron chi connectivity index (χ2n) is 6.25. The molecular formula is C19H21N5. The van der Waals surface area contributed by atoms with Crippen molar-refractivity contribution in [2.24, 2.45) is 7.05 Å². The summed E-state index contributed by atoms with van der Waals surface area (Å²) < 4.78 is 1.89. The number of aryl methyl sites for hydroxylation is 1. The summed E-state index contributed by atoms with van der Waals surface area (Å²) in [4.78, 5) is 8.99. The van der Waals surface area contributed by atoms with E-state index in [0.29, 0.717) is 0 Å². The molecule has 2 aromatic heterocycles. The summed E-state index contributed by atoms with van der Waals surface area (Å²) in [6.45, 7) is 2.89. The van der Waals surface area contributed by atoms with Gasteiger partial charge in [-0.15, -0.1) is 0 Å². The minimum atomic E-state index is 0.850. The number of anilines is 2. The Morgan fingerprint density at radius 3 is 2.62 bits per heavy atom. The summed E-state index contributed by atoms with van der Waals surface area (Å²) in [6.07, 6.45) is 5.79. The van der Waals surface area contributed by atoms with E-state index in [4.69, 9.17) is 0 Å². The maximum atomic E-state index is 4.66. The Bertz CT molecular complexity index is 840. The van der Waals surface area contributed by atoms with Crippen LogP contribution in [0.2, 0.25) is 0 Å². The van der Waals surface area contributed by atoms with Gasteiger partial charge in [-0.25, -0.2) is 0 Å². The van der Waals surface area contributed by atoms with E-state index in [1.807, 2.05) is 24.0 Å². The number of para-hydroxylation sites is 2. The second-order valence-corrected chi connectivity index (χ2v) is 6.25. The topological polar surface area (TPSA) is 37.2 Å². The van der Waals surface area contributed by atoms with E-state index in [1.165, 1.54) is 16.9 Å². The van der Waals surface area contributed by atoms with Crippen LogP contribution in [0.4, 0.5) is 11.4 Å². The predicted octanol–water partition coefficient (Wildman–Crippen LogP) is 2.94. The molecule has 0 fully saturated rings. The monoisotopic (exact) mass is 319 g/mol. The Kier molecular flexibility index (Phi) is 3.69. The van der Waals surface area contributed by atoms with Gasteiger partial charge in [0.15, 0.2) is 0 Å². The van der Waals surface area contributed by atoms with Crippen LogP contribution < -0.4 is 9.80 Å². The normalized spacial score (nSPS) is 13.9. The molecule has 1 aliphatic rings. The van der Waals surface area contributed by atoms with Crippen LogP contribution in [0.3, 0.4) is 0 Å². The number of hydrogen-bond acceptors (Lipinski definition) is 4. The first-order valence-corrected chi connectivity index (χ1v) is 8.20. The van der Waals surface area contributed by atoms with Crippen molar-refractivity contribution in [1.82, 2.24) is 14.8 Å². The van der Waals surface area contributed by atoms with Gasteiger partial charge in [0.1, 0.15) is 0 Å². The Morgan fingerprint density at radius 2 is 1.83 bits per heavy atom. The van der Waals surface area contributed by atoms with Crippen LogP contribution in [0.1, 0.15) is 5.56 Å². The molecule has 0 N–H and O–H groups in total. The number of nitrogens with zero attached hydrogens (tertiary/aromatic N) is 5. The van der Waals surface area contributed by atoms with E-state index in [9.17, 15) is 0 Å². The van der Waals surface area contributed by atoms with Crippen molar-refractivity contribution in [2.45, 2.75) is 6.54 Å². The molecule has 0 radical (unpaired) electrons. The van der Waals surface area contributed by atoms with Crippen LogP contribution in [0.5, 0.6) is 0 Å². The van der Waals surface area contributed by atoms with Gasteiger partial charge in [-0.1, -0.05) is 12.1 Å². The van der Waals surface area contributed by atoms with Crippen LogP contribution >= 0.6 is 0 Å². The van der Waals surface area contributed by atoms with Crippen molar-refractivity contribution in [1.29, 1.82) is 0 Å². The van der Waals surface area contributed by atoms with Crippen molar-refractivity contribution in [3.8, 4) is 11.3 Å². The van der Waals surface area contributed by atoms with E-state index in [2.05, 4.69) is 63.5 Å². The summed E-state index contributed by atoms with van der Waals surface area (Å²) in [5.74, 6) is 0. The molecule has 1 aliphatic heterocycles. The van der Waals surface area contributed by atoms with Crippen molar-refractivity contribution < 1.29 is 0 Å². The summed E-state index contributed by atoms with van der Waals surface area (Å²) in [5.41, 5.74) is 5.88. The molecule has 0 saturated carbocycles. The van der Waals surface area contributed by atoms with Crippen LogP contribution in [0.25, 0.3) is 11.3 Å². The third-order valence-corrected chi connectivity index (χ3v) is 4.54. The standard InChI is InChI=1S/C19H21N5/c1-22-10-11-24(18-8-4-3-7-17(18)22)14-16-13-23(2)21-19(16)15-6-5-9-20-12-15/h3-9,12-13H,10-11,14H2,1-2H3. The molecule has 0 unspecified atom stereocenters. The average molecular weight is 319 g/mol. The molecular weight excluding hydrogens is 298 g/mol. The lowest BCUT2D eigenvalue weighted by Crippen LogP contribution is -2.38. The molecule has 5 nitrogen and oxygen atoms in total. The lowest BCUT2D eigenvalue weighted by atomic mass is 10.1. The highest BCUT2D eigenvalue weighted by Gasteiger charge is 2.21. The summed E-state index contributed by atoms with van der Waals surface area (Å²) >= 11 is 0. The van der Waals surface area contributed by atoms with E-state index in [0.717, 1.165) is 30.9 Å². The third kappa shape index (κ3) is 2.62. The number of rotatable bonds is 3. The first-order valence-electron chi connectivity index (χ1n) is 8.20. The van der Waals surface area contributed by atoms with Crippen LogP contribution in [0, 0.1) is 0 Å². The summed E-state index contributed by atoms with van der Waals surface area (Å²) in [7, 11) is 4.13. The number of likely N-dealkylation sites (N-methyl/N-ethyl adjacent to an activating group) is 1. The van der Waals surface area contributed by atoms with Gasteiger partial charge in [-0.05, 0) is 24.3 Å². The van der Waals surface area contributed by atoms with E-state index < -0.39 is 0 Å². The molecule has 122 valence electrons. The molecule has 1 aromatic carbocycles. The van der Waals surface area contributed by atoms with E-state index >= 15 is 0 Å². The third-order valence-electron chi connectivity index (χ3n) is 4.54. The maximum Gasteiger partial charge on any atom is 0.0988 e. The smallest absolute Gasteiger partial charge is 0.0988 e. The fraction of sp³-hybridized carbons (Fsp3) is 0.263. The highest BCUT2D eigenvalue weighted by molar-refractivity contribution is 5.73. The first-order chi connectivity index (χ1) is 11.7. The van der Waals surface area contributed by atoms with Crippen LogP contribution in [0.15, 0.2) is 55.0 Å². The molecule has 0 saturated heterocycles. The number of fused-ring (bicyclic) bond motifs is 1. The fourth-order valence-electron chi connectivity index (χ4n) is 3.33. The molecule has 0 bridgehead atoms. The molecule has 3 heterocycles. The summed E-state index contributed by atoms with van der Waals surface area (Å²) in [6, 6.07) is 12.6. The van der Waals surface area contributed by atoms with Gasteiger partial charge in [-0.2, -0.15) is 5.10 Å². The van der Waals surface area contributed by atoms with Crippen molar-refractivity contribution in [2.75, 3.05) is 29.9 Å². The van der Waals surface area contributed by atoms with Crippen molar-refractivity contribution in [3.05, 3.63) is 60.6 Å². The highest BCUT2D eigenvalue weighted by Crippen LogP contribution is 2.33. The predicted molar refractivity (Wildman–Crippen MR) is 97.2 cm³/mol. The fourth-order valence-corrected chi connectivity index (χ4v) is 3.33. The zero-order valence-corrected chi connectivity index (χ0v) is 14.1. The highest BCUT2D eigenvalue weighted by atomic mass is 15.3. The largest absolute Gasteiger partial charge is 0.371 e. The maximum absolute atomic E-state index is 4.66. The van der Waals surface area contributed by atoms with Gasteiger partial charge < -0.3 is 9.80 Å². The molecule has 0 amide bonds. The van der Waals surface area contributed by atoms with Gasteiger partial charge in [0.2, 0.25) is 0 Å². The lowest BCUT2D eigenvalue weighted by Gasteiger charge is -2.37. The lowest BCUT2D eigenvalue weighted by molar-refractivity contribution is 0.732. The van der Waals surface area contributed by atoms with E-state index in [-0.39, 0.29) is 0 Å². The number of aromatic nitrogens is 3. The Morgan fingerprint density at radius 1 is 1.00 bits per heavy atom. The molecule has 5 heteroatoms. The van der Waals surface area contributed by atoms with Crippen LogP contribution in [-0.4, -0.2) is 34.9 Å². The molecule has 4 rings (SSSR count). The molecule has 0 spiro atoms. The number of pyridine rings is 1. The molecule has 3 aromatic rings. The molecule has 24 heavy (non-hydrogen) atoms. The van der Waals surface area contributed by atoms with Gasteiger partial charge in [0.05, 0.1) is 17.1 Å². The van der Waals surface area contributed by atoms with Gasteiger partial charge in [0, 0.05) is 63.4 Å². The Balaban J connectivity index is 1.69. The number of hydrogen-bond donors (Lipinski definition) is 0. The quantitative estimate of drug-likeness (QED) is 0.744. The molecule has 0 aliphatic carbocycles. The van der Waals surface area contributed by atoms with Crippen molar-refractivity contribution in [3.63, 3.8) is 0 Å². The Labute approximate surface area is 142 Å². The van der Waals surface area contributed by atoms with Crippen molar-refractivity contribution >= 4 is 11.4 Å². The van der Waals surface area contributed by atoms with Gasteiger partial charge in [-0.3, -0.25) is 9.67 Å². The zero-order chi connectivity index (χ0) is 16.5. The number of benzene rings is 1. The van der Waals surface area contributed by atoms with Crippen LogP contribution in [-0.2, 0) is 13.6 Å².